The Morgan fingerprint density at radius 2 is 2.00 bits per heavy atom. The smallest absolute Gasteiger partial charge is 0.331 e. The van der Waals surface area contributed by atoms with E-state index in [0.717, 1.165) is 5.56 Å². The first-order valence-corrected chi connectivity index (χ1v) is 5.48. The van der Waals surface area contributed by atoms with Crippen molar-refractivity contribution in [3.63, 3.8) is 0 Å². The SMILES string of the molecule is CCOC1(OCC)Cc2cc(O)ccc2O1. The van der Waals surface area contributed by atoms with Crippen molar-refractivity contribution in [2.75, 3.05) is 13.2 Å². The van der Waals surface area contributed by atoms with E-state index in [1.807, 2.05) is 13.8 Å². The number of phenolic OH excluding ortho intramolecular Hbond substituents is 1. The number of hydrogen-bond donors (Lipinski definition) is 1. The molecule has 0 aromatic heterocycles. The second kappa shape index (κ2) is 4.31. The molecule has 88 valence electrons. The molecule has 0 atom stereocenters. The lowest BCUT2D eigenvalue weighted by atomic mass is 10.1. The molecule has 0 amide bonds. The fourth-order valence-corrected chi connectivity index (χ4v) is 1.88. The third-order valence-corrected chi connectivity index (χ3v) is 2.44. The molecule has 4 nitrogen and oxygen atoms in total. The minimum Gasteiger partial charge on any atom is -0.508 e. The first-order chi connectivity index (χ1) is 7.69. The van der Waals surface area contributed by atoms with Crippen molar-refractivity contribution in [2.24, 2.45) is 0 Å². The third kappa shape index (κ3) is 1.99. The highest BCUT2D eigenvalue weighted by Gasteiger charge is 2.41. The zero-order valence-corrected chi connectivity index (χ0v) is 9.53. The fraction of sp³-hybridized carbons (Fsp3) is 0.500. The molecule has 2 rings (SSSR count). The van der Waals surface area contributed by atoms with Crippen molar-refractivity contribution < 1.29 is 19.3 Å². The van der Waals surface area contributed by atoms with Gasteiger partial charge in [0.1, 0.15) is 11.5 Å². The lowest BCUT2D eigenvalue weighted by Crippen LogP contribution is -2.40. The van der Waals surface area contributed by atoms with Crippen LogP contribution in [0.3, 0.4) is 0 Å². The van der Waals surface area contributed by atoms with E-state index in [2.05, 4.69) is 0 Å². The number of fused-ring (bicyclic) bond motifs is 1. The summed E-state index contributed by atoms with van der Waals surface area (Å²) >= 11 is 0. The summed E-state index contributed by atoms with van der Waals surface area (Å²) in [5, 5.41) is 9.39. The van der Waals surface area contributed by atoms with Gasteiger partial charge < -0.3 is 19.3 Å². The van der Waals surface area contributed by atoms with Crippen LogP contribution in [0.4, 0.5) is 0 Å². The molecule has 0 radical (unpaired) electrons. The Labute approximate surface area is 94.8 Å². The topological polar surface area (TPSA) is 47.9 Å². The van der Waals surface area contributed by atoms with Gasteiger partial charge in [0.2, 0.25) is 0 Å². The average Bonchev–Trinajstić information content (AvgIpc) is 2.56. The van der Waals surface area contributed by atoms with Crippen molar-refractivity contribution in [2.45, 2.75) is 26.2 Å². The van der Waals surface area contributed by atoms with Crippen LogP contribution >= 0.6 is 0 Å². The number of hydrogen-bond acceptors (Lipinski definition) is 4. The van der Waals surface area contributed by atoms with E-state index in [-0.39, 0.29) is 5.75 Å². The monoisotopic (exact) mass is 224 g/mol. The molecule has 0 saturated carbocycles. The van der Waals surface area contributed by atoms with Gasteiger partial charge in [-0.3, -0.25) is 0 Å². The van der Waals surface area contributed by atoms with Gasteiger partial charge in [-0.25, -0.2) is 0 Å². The minimum atomic E-state index is -1.01. The molecule has 1 aromatic rings. The summed E-state index contributed by atoms with van der Waals surface area (Å²) in [6, 6.07) is 4.99. The Balaban J connectivity index is 2.23. The lowest BCUT2D eigenvalue weighted by molar-refractivity contribution is -0.330. The maximum atomic E-state index is 9.39. The molecule has 0 spiro atoms. The van der Waals surface area contributed by atoms with Gasteiger partial charge in [-0.15, -0.1) is 0 Å². The van der Waals surface area contributed by atoms with E-state index in [9.17, 15) is 5.11 Å². The van der Waals surface area contributed by atoms with Crippen molar-refractivity contribution in [1.29, 1.82) is 0 Å². The largest absolute Gasteiger partial charge is 0.508 e. The van der Waals surface area contributed by atoms with E-state index in [1.165, 1.54) is 0 Å². The number of benzene rings is 1. The molecule has 4 heteroatoms. The Bertz CT molecular complexity index is 369. The Kier molecular flexibility index (Phi) is 3.03. The molecule has 0 bridgehead atoms. The molecule has 0 saturated heterocycles. The van der Waals surface area contributed by atoms with Crippen LogP contribution in [0.15, 0.2) is 18.2 Å². The molecule has 0 aliphatic carbocycles. The van der Waals surface area contributed by atoms with Gasteiger partial charge in [-0.2, -0.15) is 0 Å². The van der Waals surface area contributed by atoms with Crippen molar-refractivity contribution in [3.05, 3.63) is 23.8 Å². The van der Waals surface area contributed by atoms with E-state index in [1.54, 1.807) is 18.2 Å². The van der Waals surface area contributed by atoms with Crippen LogP contribution in [-0.4, -0.2) is 24.3 Å². The number of ether oxygens (including phenoxy) is 3. The van der Waals surface area contributed by atoms with E-state index in [4.69, 9.17) is 14.2 Å². The van der Waals surface area contributed by atoms with Gasteiger partial charge in [0, 0.05) is 5.56 Å². The highest BCUT2D eigenvalue weighted by atomic mass is 16.9. The number of rotatable bonds is 4. The van der Waals surface area contributed by atoms with E-state index >= 15 is 0 Å². The molecule has 1 aliphatic heterocycles. The molecule has 16 heavy (non-hydrogen) atoms. The normalized spacial score (nSPS) is 16.9. The number of aromatic hydroxyl groups is 1. The Morgan fingerprint density at radius 1 is 1.31 bits per heavy atom. The maximum absolute atomic E-state index is 9.39. The van der Waals surface area contributed by atoms with Crippen LogP contribution in [0, 0.1) is 0 Å². The predicted octanol–water partition coefficient (Wildman–Crippen LogP) is 2.05. The van der Waals surface area contributed by atoms with Crippen LogP contribution in [0.5, 0.6) is 11.5 Å². The van der Waals surface area contributed by atoms with E-state index in [0.29, 0.717) is 25.4 Å². The second-order valence-corrected chi connectivity index (χ2v) is 3.62. The van der Waals surface area contributed by atoms with Gasteiger partial charge in [0.05, 0.1) is 19.6 Å². The summed E-state index contributed by atoms with van der Waals surface area (Å²) in [7, 11) is 0. The highest BCUT2D eigenvalue weighted by Crippen LogP contribution is 2.38. The predicted molar refractivity (Wildman–Crippen MR) is 58.4 cm³/mol. The van der Waals surface area contributed by atoms with Crippen LogP contribution in [-0.2, 0) is 15.9 Å². The average molecular weight is 224 g/mol. The first-order valence-electron chi connectivity index (χ1n) is 5.48. The van der Waals surface area contributed by atoms with Gasteiger partial charge in [-0.1, -0.05) is 0 Å². The minimum absolute atomic E-state index is 0.228. The highest BCUT2D eigenvalue weighted by molar-refractivity contribution is 5.42. The summed E-state index contributed by atoms with van der Waals surface area (Å²) in [4.78, 5) is 0. The number of phenols is 1. The molecule has 1 N–H and O–H groups in total. The summed E-state index contributed by atoms with van der Waals surface area (Å²) in [5.74, 6) is -0.0783. The molecular weight excluding hydrogens is 208 g/mol. The summed E-state index contributed by atoms with van der Waals surface area (Å²) in [6.45, 7) is 4.81. The zero-order chi connectivity index (χ0) is 11.6. The molecular formula is C12H16O4. The van der Waals surface area contributed by atoms with Crippen LogP contribution in [0.2, 0.25) is 0 Å². The zero-order valence-electron chi connectivity index (χ0n) is 9.53. The quantitative estimate of drug-likeness (QED) is 0.795. The lowest BCUT2D eigenvalue weighted by Gasteiger charge is -2.27. The standard InChI is InChI=1S/C12H16O4/c1-3-14-12(15-4-2)8-9-7-10(13)5-6-11(9)16-12/h5-7,13H,3-4,8H2,1-2H3. The van der Waals surface area contributed by atoms with Crippen molar-refractivity contribution in [1.82, 2.24) is 0 Å². The van der Waals surface area contributed by atoms with Crippen molar-refractivity contribution in [3.8, 4) is 11.5 Å². The Morgan fingerprint density at radius 3 is 2.62 bits per heavy atom. The molecule has 1 aromatic carbocycles. The molecule has 0 unspecified atom stereocenters. The van der Waals surface area contributed by atoms with Crippen molar-refractivity contribution >= 4 is 0 Å². The van der Waals surface area contributed by atoms with Gasteiger partial charge in [0.25, 0.3) is 0 Å². The third-order valence-electron chi connectivity index (χ3n) is 2.44. The van der Waals surface area contributed by atoms with Gasteiger partial charge in [0.15, 0.2) is 0 Å². The first kappa shape index (κ1) is 11.2. The van der Waals surface area contributed by atoms with Gasteiger partial charge in [-0.05, 0) is 32.0 Å². The maximum Gasteiger partial charge on any atom is 0.331 e. The molecule has 1 heterocycles. The second-order valence-electron chi connectivity index (χ2n) is 3.62. The summed E-state index contributed by atoms with van der Waals surface area (Å²) in [5.41, 5.74) is 0.905. The summed E-state index contributed by atoms with van der Waals surface area (Å²) < 4.78 is 16.7. The van der Waals surface area contributed by atoms with Crippen LogP contribution < -0.4 is 4.74 Å². The van der Waals surface area contributed by atoms with Gasteiger partial charge >= 0.3 is 5.97 Å². The fourth-order valence-electron chi connectivity index (χ4n) is 1.88. The van der Waals surface area contributed by atoms with Crippen LogP contribution in [0.25, 0.3) is 0 Å². The Hall–Kier alpha value is -1.26. The van der Waals surface area contributed by atoms with Crippen LogP contribution in [0.1, 0.15) is 19.4 Å². The molecule has 0 fully saturated rings. The molecule has 1 aliphatic rings. The summed E-state index contributed by atoms with van der Waals surface area (Å²) in [6.07, 6.45) is 0.498. The van der Waals surface area contributed by atoms with E-state index < -0.39 is 5.97 Å².